The predicted octanol–water partition coefficient (Wildman–Crippen LogP) is 2.94. The zero-order valence-corrected chi connectivity index (χ0v) is 16.0. The Hall–Kier alpha value is -1.88. The Labute approximate surface area is 150 Å². The molecule has 1 amide bonds. The van der Waals surface area contributed by atoms with E-state index in [0.29, 0.717) is 24.4 Å². The molecule has 138 valence electrons. The second-order valence-corrected chi connectivity index (χ2v) is 7.34. The molecule has 1 aromatic rings. The Balaban J connectivity index is 2.26. The molecule has 0 N–H and O–H groups in total. The summed E-state index contributed by atoms with van der Waals surface area (Å²) in [7, 11) is 4.95. The predicted molar refractivity (Wildman–Crippen MR) is 98.3 cm³/mol. The number of methoxy groups -OCH3 is 1. The molecule has 0 saturated heterocycles. The van der Waals surface area contributed by atoms with Crippen molar-refractivity contribution in [1.82, 2.24) is 9.80 Å². The number of carbonyl (C=O) groups excluding carboxylic acids is 2. The first-order valence-electron chi connectivity index (χ1n) is 8.96. The fraction of sp³-hybridized carbons (Fsp3) is 0.600. The zero-order chi connectivity index (χ0) is 18.6. The highest BCUT2D eigenvalue weighted by Crippen LogP contribution is 2.34. The number of amides is 1. The summed E-state index contributed by atoms with van der Waals surface area (Å²) in [6.07, 6.45) is 3.12. The third-order valence-corrected chi connectivity index (χ3v) is 5.14. The van der Waals surface area contributed by atoms with E-state index in [-0.39, 0.29) is 11.9 Å². The molecule has 1 aliphatic carbocycles. The summed E-state index contributed by atoms with van der Waals surface area (Å²) < 4.78 is 5.08. The van der Waals surface area contributed by atoms with Gasteiger partial charge in [0.2, 0.25) is 0 Å². The molecule has 1 atom stereocenters. The third-order valence-electron chi connectivity index (χ3n) is 5.14. The quantitative estimate of drug-likeness (QED) is 0.679. The van der Waals surface area contributed by atoms with Crippen molar-refractivity contribution in [2.75, 3.05) is 27.7 Å². The minimum Gasteiger partial charge on any atom is -0.468 e. The van der Waals surface area contributed by atoms with Crippen LogP contribution in [0.4, 0.5) is 0 Å². The van der Waals surface area contributed by atoms with Crippen LogP contribution in [0.2, 0.25) is 0 Å². The highest BCUT2D eigenvalue weighted by molar-refractivity contribution is 5.94. The highest BCUT2D eigenvalue weighted by atomic mass is 16.5. The van der Waals surface area contributed by atoms with Crippen LogP contribution >= 0.6 is 0 Å². The van der Waals surface area contributed by atoms with E-state index >= 15 is 0 Å². The van der Waals surface area contributed by atoms with Crippen molar-refractivity contribution < 1.29 is 14.3 Å². The van der Waals surface area contributed by atoms with Crippen LogP contribution in [0.15, 0.2) is 24.3 Å². The number of benzene rings is 1. The minimum absolute atomic E-state index is 0.0122. The number of nitrogens with zero attached hydrogens (tertiary/aromatic N) is 2. The smallest absolute Gasteiger partial charge is 0.325 e. The lowest BCUT2D eigenvalue weighted by Gasteiger charge is -2.38. The molecule has 0 aromatic heterocycles. The van der Waals surface area contributed by atoms with Crippen molar-refractivity contribution >= 4 is 11.9 Å². The molecule has 5 nitrogen and oxygen atoms in total. The van der Waals surface area contributed by atoms with Crippen LogP contribution in [0.1, 0.15) is 49.0 Å². The van der Waals surface area contributed by atoms with Gasteiger partial charge in [0.25, 0.3) is 5.91 Å². The maximum absolute atomic E-state index is 12.4. The number of carbonyl (C=O) groups is 2. The molecular weight excluding hydrogens is 316 g/mol. The maximum atomic E-state index is 12.4. The van der Waals surface area contributed by atoms with E-state index in [1.807, 2.05) is 38.1 Å². The molecule has 2 rings (SSSR count). The normalized spacial score (nSPS) is 16.4. The number of ether oxygens (including phenoxy) is 1. The Morgan fingerprint density at radius 3 is 2.48 bits per heavy atom. The standard InChI is InChI=1S/C20H30N2O3/c1-6-20(2,19(24)25-5)22(13-15-10-11-15)14-16-8-7-9-17(12-16)18(23)21(3)4/h7-9,12,15H,6,10-11,13-14H2,1-5H3/t20-/m1/s1. The molecule has 1 aromatic carbocycles. The zero-order valence-electron chi connectivity index (χ0n) is 16.0. The molecule has 25 heavy (non-hydrogen) atoms. The van der Waals surface area contributed by atoms with Crippen molar-refractivity contribution in [2.24, 2.45) is 5.92 Å². The lowest BCUT2D eigenvalue weighted by Crippen LogP contribution is -2.53. The van der Waals surface area contributed by atoms with E-state index in [2.05, 4.69) is 4.90 Å². The first kappa shape index (κ1) is 19.4. The number of hydrogen-bond acceptors (Lipinski definition) is 4. The lowest BCUT2D eigenvalue weighted by atomic mass is 9.94. The van der Waals surface area contributed by atoms with Gasteiger partial charge in [-0.1, -0.05) is 19.1 Å². The van der Waals surface area contributed by atoms with E-state index in [1.54, 1.807) is 19.0 Å². The van der Waals surface area contributed by atoms with Crippen LogP contribution in [-0.4, -0.2) is 55.0 Å². The third kappa shape index (κ3) is 4.60. The number of rotatable bonds is 8. The molecule has 0 heterocycles. The molecule has 0 radical (unpaired) electrons. The summed E-state index contributed by atoms with van der Waals surface area (Å²) in [5.41, 5.74) is 1.06. The monoisotopic (exact) mass is 346 g/mol. The van der Waals surface area contributed by atoms with Gasteiger partial charge in [-0.2, -0.15) is 0 Å². The van der Waals surface area contributed by atoms with Gasteiger partial charge in [-0.25, -0.2) is 0 Å². The van der Waals surface area contributed by atoms with E-state index in [9.17, 15) is 9.59 Å². The van der Waals surface area contributed by atoms with Gasteiger partial charge < -0.3 is 9.64 Å². The van der Waals surface area contributed by atoms with E-state index in [0.717, 1.165) is 12.1 Å². The average Bonchev–Trinajstić information content (AvgIpc) is 3.43. The molecule has 1 saturated carbocycles. The van der Waals surface area contributed by atoms with Gasteiger partial charge in [0.1, 0.15) is 5.54 Å². The molecule has 1 fully saturated rings. The molecule has 0 bridgehead atoms. The van der Waals surface area contributed by atoms with Crippen LogP contribution in [-0.2, 0) is 16.1 Å². The summed E-state index contributed by atoms with van der Waals surface area (Å²) in [6.45, 7) is 5.48. The number of hydrogen-bond donors (Lipinski definition) is 0. The van der Waals surface area contributed by atoms with Crippen LogP contribution in [0.25, 0.3) is 0 Å². The van der Waals surface area contributed by atoms with Crippen molar-refractivity contribution in [3.63, 3.8) is 0 Å². The van der Waals surface area contributed by atoms with Gasteiger partial charge in [0.05, 0.1) is 7.11 Å². The fourth-order valence-electron chi connectivity index (χ4n) is 3.05. The van der Waals surface area contributed by atoms with Crippen molar-refractivity contribution in [2.45, 2.75) is 45.2 Å². The Kier molecular flexibility index (Phi) is 6.22. The van der Waals surface area contributed by atoms with Gasteiger partial charge in [-0.15, -0.1) is 0 Å². The van der Waals surface area contributed by atoms with Gasteiger partial charge in [0, 0.05) is 32.7 Å². The average molecular weight is 346 g/mol. The Morgan fingerprint density at radius 2 is 1.96 bits per heavy atom. The molecule has 0 spiro atoms. The summed E-state index contributed by atoms with van der Waals surface area (Å²) in [6, 6.07) is 7.68. The molecule has 5 heteroatoms. The van der Waals surface area contributed by atoms with Crippen molar-refractivity contribution in [3.8, 4) is 0 Å². The summed E-state index contributed by atoms with van der Waals surface area (Å²) in [5.74, 6) is 0.445. The SMILES string of the molecule is CC[C@](C)(C(=O)OC)N(Cc1cccc(C(=O)N(C)C)c1)CC1CC1. The minimum atomic E-state index is -0.654. The first-order valence-corrected chi connectivity index (χ1v) is 8.96. The van der Waals surface area contributed by atoms with Gasteiger partial charge in [0.15, 0.2) is 0 Å². The highest BCUT2D eigenvalue weighted by Gasteiger charge is 2.41. The van der Waals surface area contributed by atoms with Crippen molar-refractivity contribution in [3.05, 3.63) is 35.4 Å². The van der Waals surface area contributed by atoms with E-state index in [4.69, 9.17) is 4.74 Å². The Morgan fingerprint density at radius 1 is 1.28 bits per heavy atom. The summed E-state index contributed by atoms with van der Waals surface area (Å²) >= 11 is 0. The molecule has 1 aliphatic rings. The molecule has 0 unspecified atom stereocenters. The topological polar surface area (TPSA) is 49.9 Å². The van der Waals surface area contributed by atoms with Gasteiger partial charge in [-0.3, -0.25) is 14.5 Å². The van der Waals surface area contributed by atoms with Gasteiger partial charge in [-0.05, 0) is 49.8 Å². The fourth-order valence-corrected chi connectivity index (χ4v) is 3.05. The van der Waals surface area contributed by atoms with Gasteiger partial charge >= 0.3 is 5.97 Å². The second kappa shape index (κ2) is 8.00. The summed E-state index contributed by atoms with van der Waals surface area (Å²) in [4.78, 5) is 28.4. The molecule has 0 aliphatic heterocycles. The maximum Gasteiger partial charge on any atom is 0.325 e. The summed E-state index contributed by atoms with van der Waals surface area (Å²) in [5, 5.41) is 0. The van der Waals surface area contributed by atoms with Crippen molar-refractivity contribution in [1.29, 1.82) is 0 Å². The lowest BCUT2D eigenvalue weighted by molar-refractivity contribution is -0.155. The largest absolute Gasteiger partial charge is 0.468 e. The van der Waals surface area contributed by atoms with Crippen LogP contribution in [0, 0.1) is 5.92 Å². The van der Waals surface area contributed by atoms with Crippen LogP contribution < -0.4 is 0 Å². The number of esters is 1. The van der Waals surface area contributed by atoms with E-state index in [1.165, 1.54) is 20.0 Å². The van der Waals surface area contributed by atoms with Crippen LogP contribution in [0.5, 0.6) is 0 Å². The first-order chi connectivity index (χ1) is 11.8. The second-order valence-electron chi connectivity index (χ2n) is 7.34. The molecular formula is C20H30N2O3. The Bertz CT molecular complexity index is 625. The van der Waals surface area contributed by atoms with E-state index < -0.39 is 5.54 Å². The van der Waals surface area contributed by atoms with Crippen LogP contribution in [0.3, 0.4) is 0 Å².